The number of ether oxygens (including phenoxy) is 2. The van der Waals surface area contributed by atoms with Gasteiger partial charge in [-0.05, 0) is 69.2 Å². The lowest BCUT2D eigenvalue weighted by Crippen LogP contribution is -2.56. The van der Waals surface area contributed by atoms with Crippen molar-refractivity contribution in [3.05, 3.63) is 33.7 Å². The van der Waals surface area contributed by atoms with E-state index in [0.29, 0.717) is 5.92 Å². The minimum absolute atomic E-state index is 0.0113. The molecule has 2 aliphatic rings. The van der Waals surface area contributed by atoms with Gasteiger partial charge >= 0.3 is 0 Å². The van der Waals surface area contributed by atoms with E-state index in [1.165, 1.54) is 44.3 Å². The van der Waals surface area contributed by atoms with Gasteiger partial charge in [0.05, 0.1) is 13.2 Å². The Morgan fingerprint density at radius 3 is 2.16 bits per heavy atom. The highest BCUT2D eigenvalue weighted by molar-refractivity contribution is 5.32. The van der Waals surface area contributed by atoms with Gasteiger partial charge in [0.15, 0.2) is 0 Å². The van der Waals surface area contributed by atoms with E-state index in [1.54, 1.807) is 6.20 Å². The zero-order valence-corrected chi connectivity index (χ0v) is 21.0. The molecule has 1 aromatic heterocycles. The smallest absolute Gasteiger partial charge is 0.290 e. The maximum absolute atomic E-state index is 10.8. The molecule has 2 aliphatic heterocycles. The van der Waals surface area contributed by atoms with Gasteiger partial charge in [0.25, 0.3) is 12.0 Å². The standard InChI is InChI=1S/C12H24O2.C8H11NO.C4H9N.CH2O2/c1-5-11(4)6-7-14-12(10(2)3)8-13-9-12;1-3-7-4-6(2)8(10)9-5-7;1-2-4-5-3-1;2-1-3/h10-11H,5-9H2,1-4H3;4-5H,3H2,1-2H3,(H,9,10);5H,1-4H2;1H,(H,2,3). The maximum atomic E-state index is 10.8. The topological polar surface area (TPSA) is 101 Å². The Hall–Kier alpha value is -1.70. The summed E-state index contributed by atoms with van der Waals surface area (Å²) < 4.78 is 11.2. The quantitative estimate of drug-likeness (QED) is 0.534. The van der Waals surface area contributed by atoms with Gasteiger partial charge in [-0.15, -0.1) is 0 Å². The monoisotopic (exact) mass is 454 g/mol. The Balaban J connectivity index is 0.000000461. The highest BCUT2D eigenvalue weighted by Gasteiger charge is 2.42. The molecular formula is C25H46N2O5. The number of carbonyl (C=O) groups is 1. The summed E-state index contributed by atoms with van der Waals surface area (Å²) in [5.74, 6) is 1.34. The molecule has 1 aromatic rings. The Bertz CT molecular complexity index is 644. The number of pyridine rings is 1. The molecule has 0 spiro atoms. The van der Waals surface area contributed by atoms with Crippen molar-refractivity contribution in [3.8, 4) is 0 Å². The van der Waals surface area contributed by atoms with Gasteiger partial charge in [-0.3, -0.25) is 9.59 Å². The second-order valence-electron chi connectivity index (χ2n) is 8.80. The summed E-state index contributed by atoms with van der Waals surface area (Å²) in [5, 5.41) is 10.1. The van der Waals surface area contributed by atoms with Crippen molar-refractivity contribution in [1.82, 2.24) is 10.3 Å². The lowest BCUT2D eigenvalue weighted by molar-refractivity contribution is -0.231. The molecule has 0 radical (unpaired) electrons. The molecule has 0 saturated carbocycles. The fraction of sp³-hybridized carbons (Fsp3) is 0.760. The molecule has 1 unspecified atom stereocenters. The van der Waals surface area contributed by atoms with E-state index in [1.807, 2.05) is 13.0 Å². The molecule has 0 bridgehead atoms. The minimum Gasteiger partial charge on any atom is -0.483 e. The second-order valence-corrected chi connectivity index (χ2v) is 8.80. The van der Waals surface area contributed by atoms with E-state index in [9.17, 15) is 4.79 Å². The van der Waals surface area contributed by atoms with Crippen LogP contribution in [0.15, 0.2) is 17.1 Å². The maximum Gasteiger partial charge on any atom is 0.290 e. The van der Waals surface area contributed by atoms with Gasteiger partial charge in [-0.1, -0.05) is 41.0 Å². The third-order valence-electron chi connectivity index (χ3n) is 5.96. The van der Waals surface area contributed by atoms with Crippen molar-refractivity contribution in [2.24, 2.45) is 11.8 Å². The number of hydrogen-bond acceptors (Lipinski definition) is 5. The number of carboxylic acid groups (broad SMARTS) is 1. The third-order valence-corrected chi connectivity index (χ3v) is 5.96. The van der Waals surface area contributed by atoms with Crippen LogP contribution in [-0.2, 0) is 20.7 Å². The average Bonchev–Trinajstić information content (AvgIpc) is 3.33. The molecule has 3 N–H and O–H groups in total. The molecule has 2 saturated heterocycles. The molecule has 0 aliphatic carbocycles. The van der Waals surface area contributed by atoms with Crippen molar-refractivity contribution in [1.29, 1.82) is 0 Å². The lowest BCUT2D eigenvalue weighted by atomic mass is 9.88. The van der Waals surface area contributed by atoms with Gasteiger partial charge in [0, 0.05) is 18.4 Å². The summed E-state index contributed by atoms with van der Waals surface area (Å²) in [7, 11) is 0. The lowest BCUT2D eigenvalue weighted by Gasteiger charge is -2.44. The summed E-state index contributed by atoms with van der Waals surface area (Å²) in [4.78, 5) is 21.9. The molecule has 3 heterocycles. The number of aryl methyl sites for hydroxylation is 2. The highest BCUT2D eigenvalue weighted by Crippen LogP contribution is 2.30. The van der Waals surface area contributed by atoms with E-state index >= 15 is 0 Å². The van der Waals surface area contributed by atoms with E-state index in [2.05, 4.69) is 44.9 Å². The van der Waals surface area contributed by atoms with Crippen molar-refractivity contribution < 1.29 is 19.4 Å². The average molecular weight is 455 g/mol. The van der Waals surface area contributed by atoms with E-state index in [0.717, 1.165) is 37.7 Å². The van der Waals surface area contributed by atoms with Crippen molar-refractivity contribution >= 4 is 6.47 Å². The van der Waals surface area contributed by atoms with Crippen LogP contribution >= 0.6 is 0 Å². The second kappa shape index (κ2) is 17.8. The number of nitrogens with one attached hydrogen (secondary N) is 2. The fourth-order valence-corrected chi connectivity index (χ4v) is 3.04. The minimum atomic E-state index is -0.250. The van der Waals surface area contributed by atoms with Crippen LogP contribution in [0.4, 0.5) is 0 Å². The summed E-state index contributed by atoms with van der Waals surface area (Å²) in [6.07, 6.45) is 7.92. The van der Waals surface area contributed by atoms with Crippen LogP contribution in [0.2, 0.25) is 0 Å². The van der Waals surface area contributed by atoms with E-state index < -0.39 is 0 Å². The summed E-state index contributed by atoms with van der Waals surface area (Å²) >= 11 is 0. The summed E-state index contributed by atoms with van der Waals surface area (Å²) in [6.45, 7) is 17.5. The van der Waals surface area contributed by atoms with E-state index in [4.69, 9.17) is 19.4 Å². The predicted octanol–water partition coefficient (Wildman–Crippen LogP) is 4.18. The first kappa shape index (κ1) is 30.3. The number of aromatic amines is 1. The highest BCUT2D eigenvalue weighted by atomic mass is 16.6. The molecule has 7 nitrogen and oxygen atoms in total. The van der Waals surface area contributed by atoms with Gasteiger partial charge in [-0.2, -0.15) is 0 Å². The van der Waals surface area contributed by atoms with E-state index in [-0.39, 0.29) is 17.6 Å². The van der Waals surface area contributed by atoms with Crippen LogP contribution in [0, 0.1) is 18.8 Å². The molecule has 1 atom stereocenters. The fourth-order valence-electron chi connectivity index (χ4n) is 3.04. The molecule has 186 valence electrons. The van der Waals surface area contributed by atoms with Gasteiger partial charge < -0.3 is 24.9 Å². The molecule has 32 heavy (non-hydrogen) atoms. The Morgan fingerprint density at radius 1 is 1.22 bits per heavy atom. The van der Waals surface area contributed by atoms with Crippen LogP contribution in [0.1, 0.15) is 71.4 Å². The Kier molecular flexibility index (Phi) is 16.9. The molecule has 0 amide bonds. The first-order chi connectivity index (χ1) is 15.3. The van der Waals surface area contributed by atoms with Gasteiger partial charge in [-0.25, -0.2) is 0 Å². The van der Waals surface area contributed by atoms with Crippen molar-refractivity contribution in [2.45, 2.75) is 79.2 Å². The Morgan fingerprint density at radius 2 is 1.81 bits per heavy atom. The molecule has 3 rings (SSSR count). The largest absolute Gasteiger partial charge is 0.483 e. The predicted molar refractivity (Wildman–Crippen MR) is 130 cm³/mol. The molecule has 0 aromatic carbocycles. The first-order valence-corrected chi connectivity index (χ1v) is 11.9. The number of aromatic nitrogens is 1. The van der Waals surface area contributed by atoms with Crippen molar-refractivity contribution in [3.63, 3.8) is 0 Å². The molecular weight excluding hydrogens is 408 g/mol. The Labute approximate surface area is 194 Å². The van der Waals surface area contributed by atoms with Crippen molar-refractivity contribution in [2.75, 3.05) is 32.9 Å². The zero-order valence-electron chi connectivity index (χ0n) is 21.0. The summed E-state index contributed by atoms with van der Waals surface area (Å²) in [5.41, 5.74) is 2.02. The van der Waals surface area contributed by atoms with Crippen LogP contribution in [0.25, 0.3) is 0 Å². The zero-order chi connectivity index (χ0) is 24.4. The van der Waals surface area contributed by atoms with Crippen LogP contribution < -0.4 is 10.9 Å². The number of rotatable bonds is 7. The number of H-pyrrole nitrogens is 1. The van der Waals surface area contributed by atoms with Gasteiger partial charge in [0.2, 0.25) is 0 Å². The SMILES string of the molecule is C1CCNC1.CCC(C)CCOC1(C(C)C)COC1.CCc1c[nH]c(=O)c(C)c1.O=CO. The molecule has 7 heteroatoms. The first-order valence-electron chi connectivity index (χ1n) is 11.9. The van der Waals surface area contributed by atoms with Crippen LogP contribution in [-0.4, -0.2) is 55.1 Å². The van der Waals surface area contributed by atoms with Crippen LogP contribution in [0.3, 0.4) is 0 Å². The molecule has 2 fully saturated rings. The normalized spacial score (nSPS) is 16.8. The van der Waals surface area contributed by atoms with Crippen LogP contribution in [0.5, 0.6) is 0 Å². The third kappa shape index (κ3) is 12.4. The summed E-state index contributed by atoms with van der Waals surface area (Å²) in [6, 6.07) is 1.92. The number of hydrogen-bond donors (Lipinski definition) is 3. The van der Waals surface area contributed by atoms with Gasteiger partial charge in [0.1, 0.15) is 5.60 Å².